The molecule has 1 aromatic rings. The van der Waals surface area contributed by atoms with E-state index in [1.54, 1.807) is 13.1 Å². The minimum atomic E-state index is -0.166. The van der Waals surface area contributed by atoms with Gasteiger partial charge in [0.1, 0.15) is 6.10 Å². The molecular formula is C12H22IN5O2. The summed E-state index contributed by atoms with van der Waals surface area (Å²) in [6, 6.07) is 0. The zero-order chi connectivity index (χ0) is 14.1. The van der Waals surface area contributed by atoms with Crippen LogP contribution in [0.4, 0.5) is 0 Å². The summed E-state index contributed by atoms with van der Waals surface area (Å²) >= 11 is 0. The van der Waals surface area contributed by atoms with Crippen molar-refractivity contribution in [3.05, 3.63) is 24.4 Å². The number of rotatable bonds is 7. The second-order valence-electron chi connectivity index (χ2n) is 3.74. The fraction of sp³-hybridized carbons (Fsp3) is 0.583. The molecule has 2 N–H and O–H groups in total. The Balaban J connectivity index is 0.00000361. The van der Waals surface area contributed by atoms with Crippen molar-refractivity contribution < 1.29 is 9.26 Å². The standard InChI is InChI=1S/C12H21N5O2.HI/c1-5-7-14-12(13-4)15-8-10-16-11(17-19-10)9(3)18-6-2;/h5,9H,1,6-8H2,2-4H3,(H2,13,14,15);1H. The summed E-state index contributed by atoms with van der Waals surface area (Å²) < 4.78 is 10.5. The highest BCUT2D eigenvalue weighted by atomic mass is 127. The molecule has 0 bridgehead atoms. The highest BCUT2D eigenvalue weighted by Gasteiger charge is 2.13. The summed E-state index contributed by atoms with van der Waals surface area (Å²) in [6.07, 6.45) is 1.59. The zero-order valence-corrected chi connectivity index (χ0v) is 14.4. The number of hydrogen-bond acceptors (Lipinski definition) is 5. The van der Waals surface area contributed by atoms with Gasteiger partial charge in [0.15, 0.2) is 11.8 Å². The van der Waals surface area contributed by atoms with Gasteiger partial charge in [-0.2, -0.15) is 4.98 Å². The molecular weight excluding hydrogens is 373 g/mol. The first-order valence-electron chi connectivity index (χ1n) is 6.20. The van der Waals surface area contributed by atoms with Crippen LogP contribution in [0, 0.1) is 0 Å². The zero-order valence-electron chi connectivity index (χ0n) is 12.0. The van der Waals surface area contributed by atoms with Crippen molar-refractivity contribution in [2.24, 2.45) is 4.99 Å². The molecule has 1 heterocycles. The molecule has 0 spiro atoms. The van der Waals surface area contributed by atoms with Crippen LogP contribution in [0.25, 0.3) is 0 Å². The van der Waals surface area contributed by atoms with Crippen molar-refractivity contribution in [2.45, 2.75) is 26.5 Å². The second kappa shape index (κ2) is 10.6. The average molecular weight is 395 g/mol. The van der Waals surface area contributed by atoms with E-state index >= 15 is 0 Å². The SMILES string of the molecule is C=CCNC(=NC)NCc1nc(C(C)OCC)no1.I. The van der Waals surface area contributed by atoms with Gasteiger partial charge < -0.3 is 19.9 Å². The predicted molar refractivity (Wildman–Crippen MR) is 88.2 cm³/mol. The number of aromatic nitrogens is 2. The fourth-order valence-electron chi connectivity index (χ4n) is 1.38. The van der Waals surface area contributed by atoms with Gasteiger partial charge in [-0.25, -0.2) is 0 Å². The topological polar surface area (TPSA) is 84.6 Å². The molecule has 1 rings (SSSR count). The number of halogens is 1. The van der Waals surface area contributed by atoms with Gasteiger partial charge >= 0.3 is 0 Å². The highest BCUT2D eigenvalue weighted by Crippen LogP contribution is 2.12. The van der Waals surface area contributed by atoms with Crippen LogP contribution >= 0.6 is 24.0 Å². The van der Waals surface area contributed by atoms with Gasteiger partial charge in [0.2, 0.25) is 5.89 Å². The quantitative estimate of drug-likeness (QED) is 0.316. The van der Waals surface area contributed by atoms with Crippen molar-refractivity contribution in [1.29, 1.82) is 0 Å². The van der Waals surface area contributed by atoms with Crippen LogP contribution in [0.2, 0.25) is 0 Å². The van der Waals surface area contributed by atoms with Crippen molar-refractivity contribution in [3.63, 3.8) is 0 Å². The van der Waals surface area contributed by atoms with Gasteiger partial charge in [0, 0.05) is 20.2 Å². The number of aliphatic imine (C=N–C) groups is 1. The van der Waals surface area contributed by atoms with Crippen molar-refractivity contribution in [2.75, 3.05) is 20.2 Å². The van der Waals surface area contributed by atoms with Crippen LogP contribution in [0.1, 0.15) is 31.7 Å². The molecule has 1 atom stereocenters. The maximum atomic E-state index is 5.39. The minimum absolute atomic E-state index is 0. The Bertz CT molecular complexity index is 422. The van der Waals surface area contributed by atoms with Crippen molar-refractivity contribution in [3.8, 4) is 0 Å². The lowest BCUT2D eigenvalue weighted by atomic mass is 10.4. The summed E-state index contributed by atoms with van der Waals surface area (Å²) in [6.45, 7) is 9.09. The van der Waals surface area contributed by atoms with Crippen LogP contribution in [0.3, 0.4) is 0 Å². The molecule has 0 aliphatic carbocycles. The normalized spacial score (nSPS) is 12.4. The number of nitrogens with zero attached hydrogens (tertiary/aromatic N) is 3. The lowest BCUT2D eigenvalue weighted by molar-refractivity contribution is 0.0683. The average Bonchev–Trinajstić information content (AvgIpc) is 2.88. The van der Waals surface area contributed by atoms with Crippen molar-refractivity contribution in [1.82, 2.24) is 20.8 Å². The van der Waals surface area contributed by atoms with E-state index < -0.39 is 0 Å². The van der Waals surface area contributed by atoms with Gasteiger partial charge in [-0.05, 0) is 13.8 Å². The van der Waals surface area contributed by atoms with Crippen LogP contribution in [0.15, 0.2) is 22.2 Å². The molecule has 0 aromatic carbocycles. The summed E-state index contributed by atoms with van der Waals surface area (Å²) in [7, 11) is 1.69. The Labute approximate surface area is 136 Å². The van der Waals surface area contributed by atoms with E-state index in [1.165, 1.54) is 0 Å². The third kappa shape index (κ3) is 6.33. The molecule has 8 heteroatoms. The molecule has 20 heavy (non-hydrogen) atoms. The van der Waals surface area contributed by atoms with E-state index in [0.717, 1.165) is 0 Å². The van der Waals surface area contributed by atoms with E-state index in [4.69, 9.17) is 9.26 Å². The Morgan fingerprint density at radius 2 is 2.30 bits per heavy atom. The summed E-state index contributed by atoms with van der Waals surface area (Å²) in [4.78, 5) is 8.29. The monoisotopic (exact) mass is 395 g/mol. The van der Waals surface area contributed by atoms with Crippen LogP contribution in [-0.2, 0) is 11.3 Å². The first-order chi connectivity index (χ1) is 9.21. The first-order valence-corrected chi connectivity index (χ1v) is 6.20. The molecule has 0 fully saturated rings. The summed E-state index contributed by atoms with van der Waals surface area (Å²) in [5.74, 6) is 1.69. The highest BCUT2D eigenvalue weighted by molar-refractivity contribution is 14.0. The second-order valence-corrected chi connectivity index (χ2v) is 3.74. The fourth-order valence-corrected chi connectivity index (χ4v) is 1.38. The Morgan fingerprint density at radius 1 is 1.55 bits per heavy atom. The Kier molecular flexibility index (Phi) is 9.99. The molecule has 114 valence electrons. The van der Waals surface area contributed by atoms with Crippen molar-refractivity contribution >= 4 is 29.9 Å². The molecule has 0 aliphatic rings. The maximum absolute atomic E-state index is 5.39. The molecule has 0 radical (unpaired) electrons. The number of nitrogens with one attached hydrogen (secondary N) is 2. The molecule has 0 amide bonds. The van der Waals surface area contributed by atoms with Crippen LogP contribution < -0.4 is 10.6 Å². The third-order valence-corrected chi connectivity index (χ3v) is 2.31. The summed E-state index contributed by atoms with van der Waals surface area (Å²) in [5.41, 5.74) is 0. The van der Waals surface area contributed by atoms with Gasteiger partial charge in [0.25, 0.3) is 0 Å². The van der Waals surface area contributed by atoms with Crippen LogP contribution in [-0.4, -0.2) is 36.3 Å². The summed E-state index contributed by atoms with van der Waals surface area (Å²) in [5, 5.41) is 9.98. The Hall–Kier alpha value is -1.16. The Morgan fingerprint density at radius 3 is 2.90 bits per heavy atom. The van der Waals surface area contributed by atoms with Gasteiger partial charge in [-0.1, -0.05) is 11.2 Å². The lowest BCUT2D eigenvalue weighted by Crippen LogP contribution is -2.36. The third-order valence-electron chi connectivity index (χ3n) is 2.31. The molecule has 1 aromatic heterocycles. The molecule has 0 saturated heterocycles. The van der Waals surface area contributed by atoms with Gasteiger partial charge in [-0.15, -0.1) is 30.6 Å². The van der Waals surface area contributed by atoms with E-state index in [9.17, 15) is 0 Å². The molecule has 1 unspecified atom stereocenters. The van der Waals surface area contributed by atoms with E-state index in [0.29, 0.717) is 37.4 Å². The van der Waals surface area contributed by atoms with Gasteiger partial charge in [-0.3, -0.25) is 4.99 Å². The first kappa shape index (κ1) is 18.8. The van der Waals surface area contributed by atoms with E-state index in [1.807, 2.05) is 13.8 Å². The largest absolute Gasteiger partial charge is 0.371 e. The number of hydrogen-bond donors (Lipinski definition) is 2. The smallest absolute Gasteiger partial charge is 0.246 e. The lowest BCUT2D eigenvalue weighted by Gasteiger charge is -2.07. The molecule has 7 nitrogen and oxygen atoms in total. The molecule has 0 saturated carbocycles. The minimum Gasteiger partial charge on any atom is -0.371 e. The maximum Gasteiger partial charge on any atom is 0.246 e. The van der Waals surface area contributed by atoms with Crippen LogP contribution in [0.5, 0.6) is 0 Å². The predicted octanol–water partition coefficient (Wildman–Crippen LogP) is 1.64. The van der Waals surface area contributed by atoms with E-state index in [2.05, 4.69) is 32.3 Å². The number of guanidine groups is 1. The molecule has 0 aliphatic heterocycles. The number of ether oxygens (including phenoxy) is 1. The van der Waals surface area contributed by atoms with Gasteiger partial charge in [0.05, 0.1) is 6.54 Å². The van der Waals surface area contributed by atoms with E-state index in [-0.39, 0.29) is 30.1 Å².